The normalized spacial score (nSPS) is 10.1. The van der Waals surface area contributed by atoms with Crippen molar-refractivity contribution in [1.29, 1.82) is 5.26 Å². The fourth-order valence-electron chi connectivity index (χ4n) is 0.882. The number of hydrogen-bond acceptors (Lipinski definition) is 5. The number of nitrogens with zero attached hydrogens (tertiary/aromatic N) is 3. The van der Waals surface area contributed by atoms with Gasteiger partial charge in [0, 0.05) is 0 Å². The Kier molecular flexibility index (Phi) is 3.35. The van der Waals surface area contributed by atoms with E-state index in [1.165, 1.54) is 12.3 Å². The van der Waals surface area contributed by atoms with E-state index in [2.05, 4.69) is 9.97 Å². The topological polar surface area (TPSA) is 113 Å². The van der Waals surface area contributed by atoms with Gasteiger partial charge in [-0.15, -0.1) is 0 Å². The monoisotopic (exact) mass is 204 g/mol. The third-order valence-electron chi connectivity index (χ3n) is 1.52. The van der Waals surface area contributed by atoms with Gasteiger partial charge in [-0.3, -0.25) is 0 Å². The Hall–Kier alpha value is -2.42. The average molecular weight is 204 g/mol. The summed E-state index contributed by atoms with van der Waals surface area (Å²) in [5, 5.41) is 17.0. The molecular formula is C9H8N4O2. The number of carbonyl (C=O) groups is 1. The summed E-state index contributed by atoms with van der Waals surface area (Å²) in [6.45, 7) is 0. The first-order valence-electron chi connectivity index (χ1n) is 4.04. The van der Waals surface area contributed by atoms with Gasteiger partial charge in [0.15, 0.2) is 11.5 Å². The van der Waals surface area contributed by atoms with Crippen molar-refractivity contribution < 1.29 is 9.90 Å². The second-order valence-electron chi connectivity index (χ2n) is 2.60. The van der Waals surface area contributed by atoms with Crippen molar-refractivity contribution >= 4 is 17.9 Å². The molecule has 6 heteroatoms. The minimum Gasteiger partial charge on any atom is -0.476 e. The lowest BCUT2D eigenvalue weighted by Crippen LogP contribution is -2.08. The molecule has 0 aliphatic heterocycles. The summed E-state index contributed by atoms with van der Waals surface area (Å²) in [7, 11) is 0. The van der Waals surface area contributed by atoms with E-state index in [4.69, 9.17) is 16.1 Å². The van der Waals surface area contributed by atoms with E-state index < -0.39 is 5.97 Å². The third kappa shape index (κ3) is 2.77. The van der Waals surface area contributed by atoms with Gasteiger partial charge in [-0.05, 0) is 6.08 Å². The number of aromatic carboxylic acids is 1. The fraction of sp³-hybridized carbons (Fsp3) is 0.111. The molecule has 0 aromatic carbocycles. The van der Waals surface area contributed by atoms with Crippen LogP contribution >= 0.6 is 0 Å². The van der Waals surface area contributed by atoms with E-state index in [-0.39, 0.29) is 17.9 Å². The summed E-state index contributed by atoms with van der Waals surface area (Å²) in [5.74, 6) is -1.35. The SMILES string of the molecule is N#CCC=Cc1cnc(N)c(C(=O)O)n1. The van der Waals surface area contributed by atoms with E-state index in [0.29, 0.717) is 5.69 Å². The molecule has 0 atom stereocenters. The molecule has 1 aromatic rings. The average Bonchev–Trinajstić information content (AvgIpc) is 2.20. The van der Waals surface area contributed by atoms with Crippen molar-refractivity contribution in [2.24, 2.45) is 0 Å². The summed E-state index contributed by atoms with van der Waals surface area (Å²) in [5.41, 5.74) is 5.39. The van der Waals surface area contributed by atoms with Gasteiger partial charge in [-0.25, -0.2) is 14.8 Å². The molecule has 0 unspecified atom stereocenters. The fourth-order valence-corrected chi connectivity index (χ4v) is 0.882. The number of carboxylic acids is 1. The molecule has 1 rings (SSSR count). The Balaban J connectivity index is 2.98. The molecule has 0 bridgehead atoms. The summed E-state index contributed by atoms with van der Waals surface area (Å²) >= 11 is 0. The molecule has 15 heavy (non-hydrogen) atoms. The summed E-state index contributed by atoms with van der Waals surface area (Å²) in [6, 6.07) is 1.91. The minimum absolute atomic E-state index is 0.125. The Morgan fingerprint density at radius 1 is 1.73 bits per heavy atom. The van der Waals surface area contributed by atoms with Crippen LogP contribution in [-0.4, -0.2) is 21.0 Å². The highest BCUT2D eigenvalue weighted by Gasteiger charge is 2.10. The predicted octanol–water partition coefficient (Wildman–Crippen LogP) is 0.684. The Morgan fingerprint density at radius 2 is 2.47 bits per heavy atom. The van der Waals surface area contributed by atoms with Crippen molar-refractivity contribution in [3.8, 4) is 6.07 Å². The molecule has 0 saturated carbocycles. The number of aromatic nitrogens is 2. The highest BCUT2D eigenvalue weighted by Crippen LogP contribution is 2.07. The van der Waals surface area contributed by atoms with E-state index in [1.807, 2.05) is 6.07 Å². The van der Waals surface area contributed by atoms with Crippen molar-refractivity contribution in [3.05, 3.63) is 23.7 Å². The zero-order valence-corrected chi connectivity index (χ0v) is 7.71. The van der Waals surface area contributed by atoms with Gasteiger partial charge in [0.1, 0.15) is 0 Å². The number of anilines is 1. The number of nitrogens with two attached hydrogens (primary N) is 1. The molecule has 6 nitrogen and oxygen atoms in total. The van der Waals surface area contributed by atoms with Crippen molar-refractivity contribution in [3.63, 3.8) is 0 Å². The second-order valence-corrected chi connectivity index (χ2v) is 2.60. The van der Waals surface area contributed by atoms with Gasteiger partial charge < -0.3 is 10.8 Å². The molecule has 0 amide bonds. The number of hydrogen-bond donors (Lipinski definition) is 2. The first-order chi connectivity index (χ1) is 7.15. The van der Waals surface area contributed by atoms with Crippen LogP contribution in [0.15, 0.2) is 12.3 Å². The molecule has 3 N–H and O–H groups in total. The van der Waals surface area contributed by atoms with Crippen LogP contribution in [0.2, 0.25) is 0 Å². The van der Waals surface area contributed by atoms with E-state index in [9.17, 15) is 4.79 Å². The molecule has 0 aliphatic rings. The lowest BCUT2D eigenvalue weighted by atomic mass is 10.3. The zero-order chi connectivity index (χ0) is 11.3. The first-order valence-corrected chi connectivity index (χ1v) is 4.04. The number of rotatable bonds is 3. The maximum Gasteiger partial charge on any atom is 0.358 e. The standard InChI is InChI=1S/C9H8N4O2/c10-4-2-1-3-6-5-12-8(11)7(13-6)9(14)15/h1,3,5H,2H2,(H2,11,12)(H,14,15). The predicted molar refractivity (Wildman–Crippen MR) is 52.7 cm³/mol. The lowest BCUT2D eigenvalue weighted by Gasteiger charge is -1.99. The highest BCUT2D eigenvalue weighted by molar-refractivity contribution is 5.90. The first kappa shape index (κ1) is 10.7. The molecule has 1 aromatic heterocycles. The Morgan fingerprint density at radius 3 is 3.07 bits per heavy atom. The van der Waals surface area contributed by atoms with Gasteiger partial charge in [-0.2, -0.15) is 5.26 Å². The van der Waals surface area contributed by atoms with Crippen LogP contribution in [0.5, 0.6) is 0 Å². The number of nitriles is 1. The lowest BCUT2D eigenvalue weighted by molar-refractivity contribution is 0.0691. The minimum atomic E-state index is -1.23. The van der Waals surface area contributed by atoms with Crippen molar-refractivity contribution in [2.45, 2.75) is 6.42 Å². The molecular weight excluding hydrogens is 196 g/mol. The largest absolute Gasteiger partial charge is 0.476 e. The maximum atomic E-state index is 10.6. The zero-order valence-electron chi connectivity index (χ0n) is 7.71. The molecule has 0 saturated heterocycles. The maximum absolute atomic E-state index is 10.6. The number of allylic oxidation sites excluding steroid dienone is 1. The van der Waals surface area contributed by atoms with E-state index >= 15 is 0 Å². The molecule has 0 fully saturated rings. The van der Waals surface area contributed by atoms with Crippen LogP contribution in [0.4, 0.5) is 5.82 Å². The van der Waals surface area contributed by atoms with Crippen LogP contribution in [0.25, 0.3) is 6.08 Å². The summed E-state index contributed by atoms with van der Waals surface area (Å²) in [6.07, 6.45) is 4.65. The van der Waals surface area contributed by atoms with Crippen molar-refractivity contribution in [1.82, 2.24) is 9.97 Å². The molecule has 0 spiro atoms. The van der Waals surface area contributed by atoms with Crippen LogP contribution in [0.1, 0.15) is 22.6 Å². The number of carboxylic acid groups (broad SMARTS) is 1. The van der Waals surface area contributed by atoms with Gasteiger partial charge in [-0.1, -0.05) is 6.08 Å². The number of nitrogen functional groups attached to an aromatic ring is 1. The summed E-state index contributed by atoms with van der Waals surface area (Å²) < 4.78 is 0. The molecule has 0 radical (unpaired) electrons. The van der Waals surface area contributed by atoms with Crippen LogP contribution < -0.4 is 5.73 Å². The molecule has 0 aliphatic carbocycles. The quantitative estimate of drug-likeness (QED) is 0.748. The summed E-state index contributed by atoms with van der Waals surface area (Å²) in [4.78, 5) is 18.1. The van der Waals surface area contributed by atoms with Crippen molar-refractivity contribution in [2.75, 3.05) is 5.73 Å². The highest BCUT2D eigenvalue weighted by atomic mass is 16.4. The van der Waals surface area contributed by atoms with Crippen LogP contribution in [-0.2, 0) is 0 Å². The van der Waals surface area contributed by atoms with Crippen LogP contribution in [0, 0.1) is 11.3 Å². The van der Waals surface area contributed by atoms with E-state index in [1.54, 1.807) is 6.08 Å². The molecule has 1 heterocycles. The Bertz CT molecular complexity index is 448. The second kappa shape index (κ2) is 4.72. The van der Waals surface area contributed by atoms with E-state index in [0.717, 1.165) is 0 Å². The van der Waals surface area contributed by atoms with Gasteiger partial charge in [0.25, 0.3) is 0 Å². The smallest absolute Gasteiger partial charge is 0.358 e. The van der Waals surface area contributed by atoms with Crippen LogP contribution in [0.3, 0.4) is 0 Å². The van der Waals surface area contributed by atoms with Gasteiger partial charge in [0.2, 0.25) is 0 Å². The molecule has 76 valence electrons. The third-order valence-corrected chi connectivity index (χ3v) is 1.52. The Labute approximate surface area is 85.7 Å². The van der Waals surface area contributed by atoms with Gasteiger partial charge in [0.05, 0.1) is 24.4 Å². The van der Waals surface area contributed by atoms with Gasteiger partial charge >= 0.3 is 5.97 Å².